The summed E-state index contributed by atoms with van der Waals surface area (Å²) in [4.78, 5) is 21.8. The van der Waals surface area contributed by atoms with E-state index >= 15 is 0 Å². The van der Waals surface area contributed by atoms with Gasteiger partial charge in [-0.15, -0.1) is 0 Å². The minimum Gasteiger partial charge on any atom is -0.399 e. The molecular formula is C16H17N5O. The number of benzene rings is 1. The Kier molecular flexibility index (Phi) is 2.79. The van der Waals surface area contributed by atoms with Crippen molar-refractivity contribution >= 4 is 22.6 Å². The predicted molar refractivity (Wildman–Crippen MR) is 83.5 cm³/mol. The lowest BCUT2D eigenvalue weighted by Gasteiger charge is -2.23. The summed E-state index contributed by atoms with van der Waals surface area (Å²) in [6, 6.07) is 5.48. The highest BCUT2D eigenvalue weighted by molar-refractivity contribution is 5.93. The van der Waals surface area contributed by atoms with Crippen LogP contribution >= 0.6 is 0 Å². The molecule has 2 N–H and O–H groups in total. The Morgan fingerprint density at radius 2 is 2.27 bits per heavy atom. The van der Waals surface area contributed by atoms with E-state index < -0.39 is 0 Å². The largest absolute Gasteiger partial charge is 0.399 e. The molecule has 0 saturated heterocycles. The van der Waals surface area contributed by atoms with Crippen molar-refractivity contribution in [3.05, 3.63) is 42.2 Å². The quantitative estimate of drug-likeness (QED) is 0.697. The molecule has 0 fully saturated rings. The van der Waals surface area contributed by atoms with Gasteiger partial charge in [-0.3, -0.25) is 9.36 Å². The van der Waals surface area contributed by atoms with Crippen LogP contribution in [0.3, 0.4) is 0 Å². The summed E-state index contributed by atoms with van der Waals surface area (Å²) in [7, 11) is 0. The maximum Gasteiger partial charge on any atom is 0.236 e. The van der Waals surface area contributed by atoms with Crippen molar-refractivity contribution in [3.8, 4) is 0 Å². The Morgan fingerprint density at radius 3 is 3.14 bits per heavy atom. The minimum absolute atomic E-state index is 0.0523. The van der Waals surface area contributed by atoms with E-state index in [1.54, 1.807) is 22.9 Å². The monoisotopic (exact) mass is 295 g/mol. The zero-order valence-electron chi connectivity index (χ0n) is 12.4. The highest BCUT2D eigenvalue weighted by Crippen LogP contribution is 2.25. The molecule has 4 rings (SSSR count). The Morgan fingerprint density at radius 1 is 1.41 bits per heavy atom. The van der Waals surface area contributed by atoms with E-state index in [0.717, 1.165) is 29.8 Å². The van der Waals surface area contributed by atoms with Gasteiger partial charge in [0.1, 0.15) is 11.6 Å². The van der Waals surface area contributed by atoms with Crippen LogP contribution in [0.15, 0.2) is 30.6 Å². The summed E-state index contributed by atoms with van der Waals surface area (Å²) in [5, 5.41) is 0. The van der Waals surface area contributed by atoms with Gasteiger partial charge in [0.25, 0.3) is 0 Å². The van der Waals surface area contributed by atoms with Gasteiger partial charge in [-0.1, -0.05) is 0 Å². The average Bonchev–Trinajstić information content (AvgIpc) is 3.08. The fourth-order valence-corrected chi connectivity index (χ4v) is 3.24. The molecule has 6 nitrogen and oxygen atoms in total. The number of fused-ring (bicyclic) bond motifs is 2. The number of carbonyl (C=O) groups is 1. The van der Waals surface area contributed by atoms with E-state index in [9.17, 15) is 4.79 Å². The van der Waals surface area contributed by atoms with Crippen molar-refractivity contribution in [2.24, 2.45) is 5.92 Å². The molecule has 0 aliphatic carbocycles. The number of nitrogens with zero attached hydrogens (tertiary/aromatic N) is 4. The number of anilines is 1. The van der Waals surface area contributed by atoms with E-state index in [-0.39, 0.29) is 11.8 Å². The fraction of sp³-hybridized carbons (Fsp3) is 0.312. The lowest BCUT2D eigenvalue weighted by molar-refractivity contribution is 0.0813. The van der Waals surface area contributed by atoms with E-state index in [4.69, 9.17) is 5.73 Å². The van der Waals surface area contributed by atoms with Crippen molar-refractivity contribution in [2.75, 3.05) is 5.73 Å². The maximum atomic E-state index is 13.0. The summed E-state index contributed by atoms with van der Waals surface area (Å²) in [5.41, 5.74) is 8.05. The zero-order chi connectivity index (χ0) is 15.3. The molecule has 0 radical (unpaired) electrons. The molecule has 1 unspecified atom stereocenters. The Bertz CT molecular complexity index is 876. The summed E-state index contributed by atoms with van der Waals surface area (Å²) >= 11 is 0. The van der Waals surface area contributed by atoms with E-state index in [1.165, 1.54) is 0 Å². The van der Waals surface area contributed by atoms with Gasteiger partial charge in [0.15, 0.2) is 0 Å². The smallest absolute Gasteiger partial charge is 0.236 e. The Labute approximate surface area is 127 Å². The van der Waals surface area contributed by atoms with Gasteiger partial charge < -0.3 is 10.3 Å². The van der Waals surface area contributed by atoms with Crippen molar-refractivity contribution in [1.82, 2.24) is 19.1 Å². The summed E-state index contributed by atoms with van der Waals surface area (Å²) < 4.78 is 3.83. The Balaban J connectivity index is 1.73. The molecular weight excluding hydrogens is 278 g/mol. The van der Waals surface area contributed by atoms with Crippen LogP contribution in [-0.2, 0) is 13.0 Å². The third-order valence-corrected chi connectivity index (χ3v) is 4.37. The van der Waals surface area contributed by atoms with Gasteiger partial charge in [-0.05, 0) is 31.5 Å². The summed E-state index contributed by atoms with van der Waals surface area (Å²) in [6.07, 6.45) is 5.27. The number of aromatic nitrogens is 4. The fourth-order valence-electron chi connectivity index (χ4n) is 3.24. The van der Waals surface area contributed by atoms with Crippen molar-refractivity contribution in [1.29, 1.82) is 0 Å². The number of nitrogens with two attached hydrogens (primary N) is 1. The lowest BCUT2D eigenvalue weighted by atomic mass is 9.96. The standard InChI is InChI=1S/C16H17N5O/c1-10-19-13-9-12(17)2-3-14(13)21(10)16(22)11-4-6-20-7-5-18-15(20)8-11/h2-3,5,7,9,11H,4,6,8,17H2,1H3. The average molecular weight is 295 g/mol. The van der Waals surface area contributed by atoms with Gasteiger partial charge >= 0.3 is 0 Å². The van der Waals surface area contributed by atoms with E-state index in [2.05, 4.69) is 14.5 Å². The van der Waals surface area contributed by atoms with Crippen LogP contribution in [0.25, 0.3) is 11.0 Å². The number of hydrogen-bond acceptors (Lipinski definition) is 4. The number of carbonyl (C=O) groups excluding carboxylic acids is 1. The van der Waals surface area contributed by atoms with Gasteiger partial charge in [-0.2, -0.15) is 0 Å². The van der Waals surface area contributed by atoms with Crippen LogP contribution < -0.4 is 5.73 Å². The molecule has 22 heavy (non-hydrogen) atoms. The van der Waals surface area contributed by atoms with Gasteiger partial charge in [-0.25, -0.2) is 9.97 Å². The number of aryl methyl sites for hydroxylation is 2. The lowest BCUT2D eigenvalue weighted by Crippen LogP contribution is -2.30. The maximum absolute atomic E-state index is 13.0. The summed E-state index contributed by atoms with van der Waals surface area (Å²) in [5.74, 6) is 1.73. The number of rotatable bonds is 1. The number of imidazole rings is 2. The molecule has 3 heterocycles. The molecule has 1 aliphatic rings. The number of nitrogen functional groups attached to an aromatic ring is 1. The molecule has 3 aromatic rings. The predicted octanol–water partition coefficient (Wildman–Crippen LogP) is 2.03. The summed E-state index contributed by atoms with van der Waals surface area (Å²) in [6.45, 7) is 2.70. The highest BCUT2D eigenvalue weighted by Gasteiger charge is 2.28. The third kappa shape index (κ3) is 1.91. The molecule has 0 bridgehead atoms. The highest BCUT2D eigenvalue weighted by atomic mass is 16.2. The van der Waals surface area contributed by atoms with Crippen LogP contribution in [0, 0.1) is 12.8 Å². The zero-order valence-corrected chi connectivity index (χ0v) is 12.4. The SMILES string of the molecule is Cc1nc2cc(N)ccc2n1C(=O)C1CCn2ccnc2C1. The second-order valence-electron chi connectivity index (χ2n) is 5.81. The van der Waals surface area contributed by atoms with E-state index in [0.29, 0.717) is 17.9 Å². The van der Waals surface area contributed by atoms with Crippen molar-refractivity contribution < 1.29 is 4.79 Å². The molecule has 1 aromatic carbocycles. The van der Waals surface area contributed by atoms with Gasteiger partial charge in [0, 0.05) is 37.0 Å². The first-order valence-corrected chi connectivity index (χ1v) is 7.42. The molecule has 0 spiro atoms. The van der Waals surface area contributed by atoms with Crippen LogP contribution in [0.4, 0.5) is 5.69 Å². The molecule has 0 amide bonds. The minimum atomic E-state index is -0.0523. The first-order valence-electron chi connectivity index (χ1n) is 7.42. The molecule has 6 heteroatoms. The first-order chi connectivity index (χ1) is 10.6. The van der Waals surface area contributed by atoms with Crippen LogP contribution in [0.1, 0.15) is 22.9 Å². The second kappa shape index (κ2) is 4.69. The van der Waals surface area contributed by atoms with Crippen LogP contribution in [0.2, 0.25) is 0 Å². The molecule has 1 aliphatic heterocycles. The van der Waals surface area contributed by atoms with Crippen molar-refractivity contribution in [2.45, 2.75) is 26.3 Å². The van der Waals surface area contributed by atoms with E-state index in [1.807, 2.05) is 19.2 Å². The normalized spacial score (nSPS) is 17.6. The topological polar surface area (TPSA) is 78.7 Å². The molecule has 2 aromatic heterocycles. The third-order valence-electron chi connectivity index (χ3n) is 4.37. The number of hydrogen-bond donors (Lipinski definition) is 1. The van der Waals surface area contributed by atoms with Gasteiger partial charge in [0.2, 0.25) is 5.91 Å². The van der Waals surface area contributed by atoms with Gasteiger partial charge in [0.05, 0.1) is 11.0 Å². The van der Waals surface area contributed by atoms with Crippen molar-refractivity contribution in [3.63, 3.8) is 0 Å². The van der Waals surface area contributed by atoms with Crippen LogP contribution in [-0.4, -0.2) is 25.0 Å². The molecule has 0 saturated carbocycles. The second-order valence-corrected chi connectivity index (χ2v) is 5.81. The Hall–Kier alpha value is -2.63. The van der Waals surface area contributed by atoms with Crippen LogP contribution in [0.5, 0.6) is 0 Å². The molecule has 112 valence electrons. The first kappa shape index (κ1) is 13.1. The molecule has 1 atom stereocenters.